The minimum absolute atomic E-state index is 0.0240. The van der Waals surface area contributed by atoms with Crippen molar-refractivity contribution < 1.29 is 14.7 Å². The van der Waals surface area contributed by atoms with Crippen LogP contribution in [0.1, 0.15) is 10.4 Å². The number of carbonyl (C=O) groups is 2. The van der Waals surface area contributed by atoms with Crippen LogP contribution < -0.4 is 10.6 Å². The minimum Gasteiger partial charge on any atom is -0.478 e. The molecule has 0 saturated carbocycles. The zero-order valence-corrected chi connectivity index (χ0v) is 14.3. The zero-order chi connectivity index (χ0) is 15.4. The van der Waals surface area contributed by atoms with Gasteiger partial charge in [0.25, 0.3) is 0 Å². The average Bonchev–Trinajstić information content (AvgIpc) is 2.41. The Bertz CT molecular complexity index is 689. The lowest BCUT2D eigenvalue weighted by molar-refractivity contribution is 0.0698. The molecule has 5 nitrogen and oxygen atoms in total. The van der Waals surface area contributed by atoms with Crippen LogP contribution in [0.4, 0.5) is 16.2 Å². The van der Waals surface area contributed by atoms with Crippen LogP contribution in [0.25, 0.3) is 0 Å². The van der Waals surface area contributed by atoms with Crippen molar-refractivity contribution >= 4 is 61.9 Å². The molecular weight excluding hydrogens is 451 g/mol. The Labute approximate surface area is 143 Å². The number of carbonyl (C=O) groups excluding carboxylic acids is 1. The number of amides is 2. The van der Waals surface area contributed by atoms with E-state index < -0.39 is 12.0 Å². The number of halogens is 2. The summed E-state index contributed by atoms with van der Waals surface area (Å²) < 4.78 is 1.73. The predicted octanol–water partition coefficient (Wildman–Crippen LogP) is 4.40. The van der Waals surface area contributed by atoms with Gasteiger partial charge in [-0.05, 0) is 65.1 Å². The molecule has 3 N–H and O–H groups in total. The number of benzene rings is 2. The van der Waals surface area contributed by atoms with Crippen LogP contribution in [-0.4, -0.2) is 17.1 Å². The van der Waals surface area contributed by atoms with Gasteiger partial charge in [-0.2, -0.15) is 0 Å². The summed E-state index contributed by atoms with van der Waals surface area (Å²) in [6, 6.07) is 11.3. The summed E-state index contributed by atoms with van der Waals surface area (Å²) in [6.07, 6.45) is 0. The van der Waals surface area contributed by atoms with E-state index in [0.717, 1.165) is 3.57 Å². The third-order valence-electron chi connectivity index (χ3n) is 2.56. The first-order valence-electron chi connectivity index (χ1n) is 5.82. The molecule has 2 amide bonds. The van der Waals surface area contributed by atoms with Gasteiger partial charge in [-0.15, -0.1) is 0 Å². The van der Waals surface area contributed by atoms with Gasteiger partial charge in [-0.25, -0.2) is 9.59 Å². The van der Waals surface area contributed by atoms with Crippen LogP contribution in [0, 0.1) is 3.57 Å². The molecule has 2 rings (SSSR count). The maximum Gasteiger partial charge on any atom is 0.337 e. The second-order valence-corrected chi connectivity index (χ2v) is 6.24. The Hall–Kier alpha value is -1.61. The number of aromatic carboxylic acids is 1. The molecule has 0 saturated heterocycles. The van der Waals surface area contributed by atoms with Crippen LogP contribution in [0.3, 0.4) is 0 Å². The van der Waals surface area contributed by atoms with Gasteiger partial charge >= 0.3 is 12.0 Å². The minimum atomic E-state index is -1.10. The van der Waals surface area contributed by atoms with Gasteiger partial charge in [0.1, 0.15) is 0 Å². The monoisotopic (exact) mass is 460 g/mol. The predicted molar refractivity (Wildman–Crippen MR) is 92.9 cm³/mol. The van der Waals surface area contributed by atoms with Crippen molar-refractivity contribution in [2.75, 3.05) is 10.6 Å². The normalized spacial score (nSPS) is 10.0. The Balaban J connectivity index is 2.14. The smallest absolute Gasteiger partial charge is 0.337 e. The lowest BCUT2D eigenvalue weighted by Crippen LogP contribution is -2.21. The van der Waals surface area contributed by atoms with Gasteiger partial charge in [0.2, 0.25) is 0 Å². The third kappa shape index (κ3) is 4.43. The number of hydrogen-bond donors (Lipinski definition) is 3. The molecule has 0 aliphatic carbocycles. The van der Waals surface area contributed by atoms with E-state index in [1.54, 1.807) is 18.2 Å². The van der Waals surface area contributed by atoms with Crippen molar-refractivity contribution in [1.29, 1.82) is 0 Å². The highest BCUT2D eigenvalue weighted by molar-refractivity contribution is 14.1. The van der Waals surface area contributed by atoms with E-state index in [9.17, 15) is 9.59 Å². The van der Waals surface area contributed by atoms with E-state index in [0.29, 0.717) is 10.2 Å². The summed E-state index contributed by atoms with van der Waals surface area (Å²) in [4.78, 5) is 23.0. The summed E-state index contributed by atoms with van der Waals surface area (Å²) in [5.41, 5.74) is 0.871. The molecule has 0 radical (unpaired) electrons. The van der Waals surface area contributed by atoms with Crippen molar-refractivity contribution in [2.24, 2.45) is 0 Å². The quantitative estimate of drug-likeness (QED) is 0.594. The van der Waals surface area contributed by atoms with Gasteiger partial charge < -0.3 is 15.7 Å². The molecule has 0 heterocycles. The van der Waals surface area contributed by atoms with E-state index in [-0.39, 0.29) is 11.3 Å². The molecule has 0 bridgehead atoms. The molecule has 0 fully saturated rings. The molecule has 0 atom stereocenters. The first-order chi connectivity index (χ1) is 9.95. The Morgan fingerprint density at radius 3 is 2.33 bits per heavy atom. The van der Waals surface area contributed by atoms with Crippen molar-refractivity contribution in [3.05, 3.63) is 56.1 Å². The van der Waals surface area contributed by atoms with Gasteiger partial charge in [-0.1, -0.05) is 15.9 Å². The van der Waals surface area contributed by atoms with E-state index in [1.165, 1.54) is 12.1 Å². The summed E-state index contributed by atoms with van der Waals surface area (Å²) in [5, 5.41) is 14.3. The summed E-state index contributed by atoms with van der Waals surface area (Å²) in [5.74, 6) is -1.10. The standard InChI is InChI=1S/C14H10BrIN2O3/c15-8-1-6-11(13(19)20)12(7-8)18-14(21)17-10-4-2-9(16)3-5-10/h1-7H,(H,19,20)(H2,17,18,21). The maximum atomic E-state index is 11.9. The molecule has 7 heteroatoms. The highest BCUT2D eigenvalue weighted by Crippen LogP contribution is 2.22. The molecule has 108 valence electrons. The van der Waals surface area contributed by atoms with Crippen molar-refractivity contribution in [2.45, 2.75) is 0 Å². The van der Waals surface area contributed by atoms with E-state index in [4.69, 9.17) is 5.11 Å². The zero-order valence-electron chi connectivity index (χ0n) is 10.6. The van der Waals surface area contributed by atoms with Gasteiger partial charge in [-0.3, -0.25) is 0 Å². The fraction of sp³-hybridized carbons (Fsp3) is 0. The Morgan fingerprint density at radius 1 is 1.05 bits per heavy atom. The van der Waals surface area contributed by atoms with Crippen LogP contribution in [0.2, 0.25) is 0 Å². The molecule has 0 aromatic heterocycles. The number of rotatable bonds is 3. The Morgan fingerprint density at radius 2 is 1.71 bits per heavy atom. The molecule has 0 aliphatic rings. The second kappa shape index (κ2) is 6.90. The topological polar surface area (TPSA) is 78.4 Å². The van der Waals surface area contributed by atoms with E-state index in [2.05, 4.69) is 49.2 Å². The third-order valence-corrected chi connectivity index (χ3v) is 3.77. The lowest BCUT2D eigenvalue weighted by Gasteiger charge is -2.10. The first-order valence-corrected chi connectivity index (χ1v) is 7.69. The van der Waals surface area contributed by atoms with E-state index in [1.807, 2.05) is 12.1 Å². The summed E-state index contributed by atoms with van der Waals surface area (Å²) >= 11 is 5.41. The van der Waals surface area contributed by atoms with Crippen LogP contribution in [0.15, 0.2) is 46.9 Å². The van der Waals surface area contributed by atoms with Crippen molar-refractivity contribution in [1.82, 2.24) is 0 Å². The van der Waals surface area contributed by atoms with Crippen molar-refractivity contribution in [3.8, 4) is 0 Å². The first kappa shape index (κ1) is 15.8. The fourth-order valence-electron chi connectivity index (χ4n) is 1.62. The summed E-state index contributed by atoms with van der Waals surface area (Å²) in [6.45, 7) is 0. The van der Waals surface area contributed by atoms with Gasteiger partial charge in [0.15, 0.2) is 0 Å². The SMILES string of the molecule is O=C(Nc1ccc(I)cc1)Nc1cc(Br)ccc1C(=O)O. The molecule has 2 aromatic carbocycles. The van der Waals surface area contributed by atoms with Crippen LogP contribution in [-0.2, 0) is 0 Å². The highest BCUT2D eigenvalue weighted by atomic mass is 127. The number of urea groups is 1. The molecular formula is C14H10BrIN2O3. The average molecular weight is 461 g/mol. The van der Waals surface area contributed by atoms with Crippen molar-refractivity contribution in [3.63, 3.8) is 0 Å². The number of carboxylic acid groups (broad SMARTS) is 1. The molecule has 0 spiro atoms. The molecule has 0 unspecified atom stereocenters. The maximum absolute atomic E-state index is 11.9. The number of nitrogens with one attached hydrogen (secondary N) is 2. The summed E-state index contributed by atoms with van der Waals surface area (Å²) in [7, 11) is 0. The number of carboxylic acids is 1. The lowest BCUT2D eigenvalue weighted by atomic mass is 10.2. The Kier molecular flexibility index (Phi) is 5.18. The number of anilines is 2. The van der Waals surface area contributed by atoms with Crippen LogP contribution in [0.5, 0.6) is 0 Å². The second-order valence-electron chi connectivity index (χ2n) is 4.08. The van der Waals surface area contributed by atoms with E-state index >= 15 is 0 Å². The van der Waals surface area contributed by atoms with Gasteiger partial charge in [0, 0.05) is 13.7 Å². The fourth-order valence-corrected chi connectivity index (χ4v) is 2.34. The molecule has 21 heavy (non-hydrogen) atoms. The number of hydrogen-bond acceptors (Lipinski definition) is 2. The largest absolute Gasteiger partial charge is 0.478 e. The highest BCUT2D eigenvalue weighted by Gasteiger charge is 2.13. The molecule has 0 aliphatic heterocycles. The molecule has 2 aromatic rings. The van der Waals surface area contributed by atoms with Crippen LogP contribution >= 0.6 is 38.5 Å². The van der Waals surface area contributed by atoms with Gasteiger partial charge in [0.05, 0.1) is 11.3 Å².